The van der Waals surface area contributed by atoms with Gasteiger partial charge in [-0.05, 0) is 48.1 Å². The van der Waals surface area contributed by atoms with Gasteiger partial charge in [-0.3, -0.25) is 4.79 Å². The largest absolute Gasteiger partial charge is 0.493 e. The van der Waals surface area contributed by atoms with E-state index in [1.807, 2.05) is 28.5 Å². The monoisotopic (exact) mass is 361 g/mol. The van der Waals surface area contributed by atoms with Crippen LogP contribution in [-0.2, 0) is 16.0 Å². The zero-order valence-corrected chi connectivity index (χ0v) is 15.8. The van der Waals surface area contributed by atoms with E-state index in [1.165, 1.54) is 5.56 Å². The van der Waals surface area contributed by atoms with Crippen LogP contribution in [0.1, 0.15) is 29.0 Å². The third-order valence-electron chi connectivity index (χ3n) is 4.67. The number of nitrogens with zero attached hydrogens (tertiary/aromatic N) is 1. The molecule has 134 valence electrons. The lowest BCUT2D eigenvalue weighted by Crippen LogP contribution is -2.45. The number of carbonyl (C=O) groups excluding carboxylic acids is 1. The Morgan fingerprint density at radius 2 is 1.96 bits per heavy atom. The van der Waals surface area contributed by atoms with Gasteiger partial charge in [0.15, 0.2) is 11.5 Å². The van der Waals surface area contributed by atoms with Gasteiger partial charge in [0.25, 0.3) is 5.91 Å². The van der Waals surface area contributed by atoms with Crippen molar-refractivity contribution < 1.29 is 19.0 Å². The summed E-state index contributed by atoms with van der Waals surface area (Å²) in [4.78, 5) is 15.9. The first-order valence-corrected chi connectivity index (χ1v) is 9.10. The van der Waals surface area contributed by atoms with Crippen molar-refractivity contribution in [3.05, 3.63) is 45.6 Å². The van der Waals surface area contributed by atoms with E-state index in [0.29, 0.717) is 12.3 Å². The molecule has 2 heterocycles. The van der Waals surface area contributed by atoms with Crippen LogP contribution < -0.4 is 9.47 Å². The zero-order valence-electron chi connectivity index (χ0n) is 14.9. The molecular formula is C19H23NO4S. The third-order valence-corrected chi connectivity index (χ3v) is 5.60. The molecule has 0 bridgehead atoms. The summed E-state index contributed by atoms with van der Waals surface area (Å²) in [5, 5.41) is 2.03. The first-order chi connectivity index (χ1) is 12.1. The van der Waals surface area contributed by atoms with Gasteiger partial charge in [-0.2, -0.15) is 0 Å². The Kier molecular flexibility index (Phi) is 5.30. The minimum absolute atomic E-state index is 0.00124. The highest BCUT2D eigenvalue weighted by Gasteiger charge is 2.35. The Bertz CT molecular complexity index is 744. The summed E-state index contributed by atoms with van der Waals surface area (Å²) in [6, 6.07) is 7.97. The molecule has 6 heteroatoms. The molecule has 1 amide bonds. The molecule has 0 N–H and O–H groups in total. The van der Waals surface area contributed by atoms with Gasteiger partial charge in [-0.1, -0.05) is 6.07 Å². The molecule has 3 rings (SSSR count). The molecule has 25 heavy (non-hydrogen) atoms. The average Bonchev–Trinajstić information content (AvgIpc) is 3.18. The Morgan fingerprint density at radius 3 is 2.56 bits per heavy atom. The second kappa shape index (κ2) is 7.45. The molecule has 5 nitrogen and oxygen atoms in total. The molecule has 0 saturated carbocycles. The van der Waals surface area contributed by atoms with Gasteiger partial charge in [-0.25, -0.2) is 0 Å². The molecule has 1 aromatic carbocycles. The number of fused-ring (bicyclic) bond motifs is 1. The minimum atomic E-state index is -0.468. The number of thiophene rings is 1. The predicted octanol–water partition coefficient (Wildman–Crippen LogP) is 3.27. The molecular weight excluding hydrogens is 338 g/mol. The van der Waals surface area contributed by atoms with Crippen LogP contribution in [0, 0.1) is 0 Å². The summed E-state index contributed by atoms with van der Waals surface area (Å²) in [5.74, 6) is 1.40. The molecule has 0 unspecified atom stereocenters. The molecule has 0 spiro atoms. The fraction of sp³-hybridized carbons (Fsp3) is 0.421. The molecule has 0 fully saturated rings. The maximum Gasteiger partial charge on any atom is 0.252 e. The van der Waals surface area contributed by atoms with Gasteiger partial charge in [0.1, 0.15) is 6.10 Å². The Balaban J connectivity index is 2.11. The third kappa shape index (κ3) is 3.24. The molecule has 2 atom stereocenters. The summed E-state index contributed by atoms with van der Waals surface area (Å²) in [6.07, 6.45) is 0.309. The second-order valence-electron chi connectivity index (χ2n) is 5.98. The number of carbonyl (C=O) groups is 1. The number of methoxy groups -OCH3 is 3. The lowest BCUT2D eigenvalue weighted by molar-refractivity contribution is -0.143. The first-order valence-electron chi connectivity index (χ1n) is 8.22. The van der Waals surface area contributed by atoms with Crippen molar-refractivity contribution in [1.82, 2.24) is 4.90 Å². The van der Waals surface area contributed by atoms with Crippen molar-refractivity contribution in [2.24, 2.45) is 0 Å². The number of hydrogen-bond acceptors (Lipinski definition) is 5. The number of benzene rings is 1. The first kappa shape index (κ1) is 17.8. The highest BCUT2D eigenvalue weighted by Crippen LogP contribution is 2.42. The topological polar surface area (TPSA) is 48.0 Å². The fourth-order valence-corrected chi connectivity index (χ4v) is 4.13. The average molecular weight is 361 g/mol. The van der Waals surface area contributed by atoms with E-state index >= 15 is 0 Å². The van der Waals surface area contributed by atoms with E-state index < -0.39 is 6.10 Å². The van der Waals surface area contributed by atoms with E-state index in [0.717, 1.165) is 22.6 Å². The fourth-order valence-electron chi connectivity index (χ4n) is 3.27. The van der Waals surface area contributed by atoms with Crippen LogP contribution in [0.5, 0.6) is 11.5 Å². The van der Waals surface area contributed by atoms with Gasteiger partial charge in [0.2, 0.25) is 0 Å². The molecule has 0 radical (unpaired) electrons. The molecule has 1 aromatic heterocycles. The van der Waals surface area contributed by atoms with Crippen LogP contribution in [0.4, 0.5) is 0 Å². The van der Waals surface area contributed by atoms with E-state index in [1.54, 1.807) is 39.6 Å². The van der Waals surface area contributed by atoms with Crippen LogP contribution in [0.2, 0.25) is 0 Å². The van der Waals surface area contributed by atoms with Crippen molar-refractivity contribution in [3.8, 4) is 11.5 Å². The highest BCUT2D eigenvalue weighted by atomic mass is 32.1. The van der Waals surface area contributed by atoms with Crippen LogP contribution >= 0.6 is 11.3 Å². The van der Waals surface area contributed by atoms with Gasteiger partial charge in [-0.15, -0.1) is 11.3 Å². The van der Waals surface area contributed by atoms with E-state index in [-0.39, 0.29) is 11.9 Å². The quantitative estimate of drug-likeness (QED) is 0.820. The predicted molar refractivity (Wildman–Crippen MR) is 97.6 cm³/mol. The van der Waals surface area contributed by atoms with Gasteiger partial charge >= 0.3 is 0 Å². The lowest BCUT2D eigenvalue weighted by atomic mass is 9.90. The second-order valence-corrected chi connectivity index (χ2v) is 6.96. The summed E-state index contributed by atoms with van der Waals surface area (Å²) < 4.78 is 16.2. The zero-order chi connectivity index (χ0) is 18.0. The molecule has 0 saturated heterocycles. The number of rotatable bonds is 5. The van der Waals surface area contributed by atoms with E-state index in [9.17, 15) is 4.79 Å². The normalized spacial score (nSPS) is 17.8. The van der Waals surface area contributed by atoms with Crippen molar-refractivity contribution in [3.63, 3.8) is 0 Å². The van der Waals surface area contributed by atoms with Gasteiger partial charge in [0, 0.05) is 18.5 Å². The lowest BCUT2D eigenvalue weighted by Gasteiger charge is -2.38. The van der Waals surface area contributed by atoms with Crippen molar-refractivity contribution in [2.45, 2.75) is 25.5 Å². The minimum Gasteiger partial charge on any atom is -0.493 e. The van der Waals surface area contributed by atoms with E-state index in [4.69, 9.17) is 14.2 Å². The van der Waals surface area contributed by atoms with Crippen LogP contribution in [0.3, 0.4) is 0 Å². The summed E-state index contributed by atoms with van der Waals surface area (Å²) in [7, 11) is 4.83. The molecule has 0 aliphatic carbocycles. The standard InChI is InChI=1S/C19H23NO4S/c1-12(22-2)19(21)20-8-7-13-10-15(23-3)16(24-4)11-14(13)18(20)17-6-5-9-25-17/h5-6,9-12,18H,7-8H2,1-4H3/t12-,18-/m0/s1. The Morgan fingerprint density at radius 1 is 1.24 bits per heavy atom. The van der Waals surface area contributed by atoms with Gasteiger partial charge in [0.05, 0.1) is 20.3 Å². The number of ether oxygens (including phenoxy) is 3. The number of hydrogen-bond donors (Lipinski definition) is 0. The Labute approximate surface area is 152 Å². The van der Waals surface area contributed by atoms with Crippen LogP contribution in [0.15, 0.2) is 29.6 Å². The summed E-state index contributed by atoms with van der Waals surface area (Å²) >= 11 is 1.65. The van der Waals surface area contributed by atoms with Gasteiger partial charge < -0.3 is 19.1 Å². The summed E-state index contributed by atoms with van der Waals surface area (Å²) in [6.45, 7) is 2.44. The highest BCUT2D eigenvalue weighted by molar-refractivity contribution is 7.10. The summed E-state index contributed by atoms with van der Waals surface area (Å²) in [5.41, 5.74) is 2.27. The SMILES string of the molecule is COc1cc2c(cc1OC)[C@@H](c1cccs1)N(C(=O)[C@H](C)OC)CC2. The smallest absolute Gasteiger partial charge is 0.252 e. The molecule has 2 aromatic rings. The van der Waals surface area contributed by atoms with Crippen LogP contribution in [-0.4, -0.2) is 44.8 Å². The maximum atomic E-state index is 12.9. The van der Waals surface area contributed by atoms with E-state index in [2.05, 4.69) is 6.07 Å². The Hall–Kier alpha value is -2.05. The van der Waals surface area contributed by atoms with Crippen molar-refractivity contribution >= 4 is 17.2 Å². The number of amides is 1. The van der Waals surface area contributed by atoms with Crippen LogP contribution in [0.25, 0.3) is 0 Å². The molecule has 1 aliphatic heterocycles. The van der Waals surface area contributed by atoms with Crippen molar-refractivity contribution in [1.29, 1.82) is 0 Å². The molecule has 1 aliphatic rings. The van der Waals surface area contributed by atoms with Crippen molar-refractivity contribution in [2.75, 3.05) is 27.9 Å². The maximum absolute atomic E-state index is 12.9.